The van der Waals surface area contributed by atoms with Gasteiger partial charge in [0, 0.05) is 25.7 Å². The van der Waals surface area contributed by atoms with E-state index in [0.717, 1.165) is 12.1 Å². The van der Waals surface area contributed by atoms with Gasteiger partial charge in [-0.25, -0.2) is 4.79 Å². The van der Waals surface area contributed by atoms with Crippen LogP contribution in [0.2, 0.25) is 0 Å². The summed E-state index contributed by atoms with van der Waals surface area (Å²) in [5.74, 6) is 1.41. The van der Waals surface area contributed by atoms with Gasteiger partial charge >= 0.3 is 6.09 Å². The maximum Gasteiger partial charge on any atom is 0.410 e. The van der Waals surface area contributed by atoms with E-state index >= 15 is 0 Å². The highest BCUT2D eigenvalue weighted by Crippen LogP contribution is 2.31. The molecule has 6 heteroatoms. The van der Waals surface area contributed by atoms with E-state index in [2.05, 4.69) is 5.32 Å². The molecule has 6 nitrogen and oxygen atoms in total. The zero-order valence-electron chi connectivity index (χ0n) is 14.5. The van der Waals surface area contributed by atoms with Crippen LogP contribution in [-0.2, 0) is 4.74 Å². The lowest BCUT2D eigenvalue weighted by Crippen LogP contribution is -2.50. The average molecular weight is 322 g/mol. The quantitative estimate of drug-likeness (QED) is 0.927. The molecule has 128 valence electrons. The van der Waals surface area contributed by atoms with Crippen LogP contribution in [0.5, 0.6) is 11.5 Å². The monoisotopic (exact) mass is 322 g/mol. The molecule has 0 spiro atoms. The van der Waals surface area contributed by atoms with E-state index in [1.54, 1.807) is 19.1 Å². The first-order valence-electron chi connectivity index (χ1n) is 7.77. The van der Waals surface area contributed by atoms with Gasteiger partial charge in [-0.3, -0.25) is 4.90 Å². The molecule has 1 amide bonds. The molecule has 1 atom stereocenters. The second kappa shape index (κ2) is 7.08. The predicted octanol–water partition coefficient (Wildman–Crippen LogP) is 2.59. The van der Waals surface area contributed by atoms with Crippen molar-refractivity contribution in [3.05, 3.63) is 23.8 Å². The number of amides is 1. The van der Waals surface area contributed by atoms with Crippen LogP contribution in [0.15, 0.2) is 18.2 Å². The van der Waals surface area contributed by atoms with Crippen LogP contribution in [-0.4, -0.2) is 50.4 Å². The normalized spacial score (nSPS) is 18.5. The van der Waals surface area contributed by atoms with Crippen LogP contribution >= 0.6 is 0 Å². The maximum absolute atomic E-state index is 12.5. The van der Waals surface area contributed by atoms with Crippen molar-refractivity contribution < 1.29 is 19.0 Å². The van der Waals surface area contributed by atoms with E-state index in [0.29, 0.717) is 24.6 Å². The number of nitrogens with one attached hydrogen (secondary N) is 1. The van der Waals surface area contributed by atoms with Gasteiger partial charge < -0.3 is 19.5 Å². The SMILES string of the molecule is COc1cc(OC)cc([C@H]2CNCCN2C(=O)OC(C)(C)C)c1. The summed E-state index contributed by atoms with van der Waals surface area (Å²) in [6, 6.07) is 5.55. The highest BCUT2D eigenvalue weighted by Gasteiger charge is 2.31. The standard InChI is InChI=1S/C17H26N2O4/c1-17(2,3)23-16(20)19-7-6-18-11-15(19)12-8-13(21-4)10-14(9-12)22-5/h8-10,15,18H,6-7,11H2,1-5H3/t15-/m1/s1. The first-order valence-corrected chi connectivity index (χ1v) is 7.77. The summed E-state index contributed by atoms with van der Waals surface area (Å²) in [6.45, 7) is 7.62. The topological polar surface area (TPSA) is 60.0 Å². The van der Waals surface area contributed by atoms with Crippen LogP contribution in [0.3, 0.4) is 0 Å². The van der Waals surface area contributed by atoms with Gasteiger partial charge in [0.25, 0.3) is 0 Å². The maximum atomic E-state index is 12.5. The van der Waals surface area contributed by atoms with Gasteiger partial charge in [-0.05, 0) is 38.5 Å². The highest BCUT2D eigenvalue weighted by atomic mass is 16.6. The van der Waals surface area contributed by atoms with Crippen molar-refractivity contribution in [3.63, 3.8) is 0 Å². The zero-order valence-corrected chi connectivity index (χ0v) is 14.5. The first kappa shape index (κ1) is 17.4. The Kier molecular flexibility index (Phi) is 5.36. The second-order valence-electron chi connectivity index (χ2n) is 6.54. The minimum absolute atomic E-state index is 0.123. The Morgan fingerprint density at radius 2 is 1.78 bits per heavy atom. The van der Waals surface area contributed by atoms with Gasteiger partial charge in [-0.1, -0.05) is 0 Å². The van der Waals surface area contributed by atoms with Crippen molar-refractivity contribution >= 4 is 6.09 Å². The third kappa shape index (κ3) is 4.51. The van der Waals surface area contributed by atoms with Gasteiger partial charge in [-0.2, -0.15) is 0 Å². The smallest absolute Gasteiger partial charge is 0.410 e. The number of benzene rings is 1. The zero-order chi connectivity index (χ0) is 17.0. The fourth-order valence-electron chi connectivity index (χ4n) is 2.56. The Hall–Kier alpha value is -1.95. The summed E-state index contributed by atoms with van der Waals surface area (Å²) in [5.41, 5.74) is 0.442. The lowest BCUT2D eigenvalue weighted by Gasteiger charge is -2.37. The van der Waals surface area contributed by atoms with Crippen LogP contribution in [0.4, 0.5) is 4.79 Å². The van der Waals surface area contributed by atoms with E-state index in [4.69, 9.17) is 14.2 Å². The molecule has 1 saturated heterocycles. The molecule has 1 aliphatic rings. The van der Waals surface area contributed by atoms with Gasteiger partial charge in [0.1, 0.15) is 17.1 Å². The number of rotatable bonds is 3. The Morgan fingerprint density at radius 1 is 1.17 bits per heavy atom. The van der Waals surface area contributed by atoms with Crippen molar-refractivity contribution in [2.45, 2.75) is 32.4 Å². The number of carbonyl (C=O) groups excluding carboxylic acids is 1. The number of methoxy groups -OCH3 is 2. The minimum atomic E-state index is -0.515. The molecule has 1 aromatic carbocycles. The van der Waals surface area contributed by atoms with Crippen LogP contribution in [0, 0.1) is 0 Å². The number of nitrogens with zero attached hydrogens (tertiary/aromatic N) is 1. The molecule has 1 heterocycles. The second-order valence-corrected chi connectivity index (χ2v) is 6.54. The third-order valence-corrected chi connectivity index (χ3v) is 3.63. The summed E-state index contributed by atoms with van der Waals surface area (Å²) in [6.07, 6.45) is -0.300. The minimum Gasteiger partial charge on any atom is -0.497 e. The molecule has 1 aliphatic heterocycles. The lowest BCUT2D eigenvalue weighted by atomic mass is 10.0. The summed E-state index contributed by atoms with van der Waals surface area (Å²) in [4.78, 5) is 14.3. The largest absolute Gasteiger partial charge is 0.497 e. The van der Waals surface area contributed by atoms with E-state index in [-0.39, 0.29) is 12.1 Å². The summed E-state index contributed by atoms with van der Waals surface area (Å²) in [7, 11) is 3.23. The summed E-state index contributed by atoms with van der Waals surface area (Å²) < 4.78 is 16.2. The van der Waals surface area contributed by atoms with Crippen LogP contribution < -0.4 is 14.8 Å². The highest BCUT2D eigenvalue weighted by molar-refractivity contribution is 5.69. The third-order valence-electron chi connectivity index (χ3n) is 3.63. The van der Waals surface area contributed by atoms with E-state index < -0.39 is 5.60 Å². The van der Waals surface area contributed by atoms with Crippen molar-refractivity contribution in [2.75, 3.05) is 33.9 Å². The fraction of sp³-hybridized carbons (Fsp3) is 0.588. The van der Waals surface area contributed by atoms with Gasteiger partial charge in [0.2, 0.25) is 0 Å². The molecule has 1 N–H and O–H groups in total. The number of hydrogen-bond acceptors (Lipinski definition) is 5. The molecule has 0 aliphatic carbocycles. The van der Waals surface area contributed by atoms with Gasteiger partial charge in [0.05, 0.1) is 20.3 Å². The Morgan fingerprint density at radius 3 is 2.30 bits per heavy atom. The van der Waals surface area contributed by atoms with E-state index in [1.807, 2.05) is 39.0 Å². The van der Waals surface area contributed by atoms with Crippen molar-refractivity contribution in [1.29, 1.82) is 0 Å². The molecule has 1 fully saturated rings. The van der Waals surface area contributed by atoms with Gasteiger partial charge in [-0.15, -0.1) is 0 Å². The van der Waals surface area contributed by atoms with Crippen molar-refractivity contribution in [2.24, 2.45) is 0 Å². The molecule has 0 radical (unpaired) electrons. The molecular weight excluding hydrogens is 296 g/mol. The molecule has 23 heavy (non-hydrogen) atoms. The summed E-state index contributed by atoms with van der Waals surface area (Å²) in [5, 5.41) is 3.32. The molecule has 2 rings (SSSR count). The average Bonchev–Trinajstić information content (AvgIpc) is 2.52. The number of piperazine rings is 1. The predicted molar refractivity (Wildman–Crippen MR) is 88.1 cm³/mol. The molecule has 0 saturated carbocycles. The molecule has 1 aromatic rings. The van der Waals surface area contributed by atoms with Gasteiger partial charge in [0.15, 0.2) is 0 Å². The van der Waals surface area contributed by atoms with Crippen molar-refractivity contribution in [3.8, 4) is 11.5 Å². The van der Waals surface area contributed by atoms with Crippen LogP contribution in [0.25, 0.3) is 0 Å². The van der Waals surface area contributed by atoms with E-state index in [1.165, 1.54) is 0 Å². The Bertz CT molecular complexity index is 532. The number of carbonyl (C=O) groups is 1. The Balaban J connectivity index is 2.29. The number of hydrogen-bond donors (Lipinski definition) is 1. The molecule has 0 bridgehead atoms. The summed E-state index contributed by atoms with van der Waals surface area (Å²) >= 11 is 0. The molecule has 0 unspecified atom stereocenters. The lowest BCUT2D eigenvalue weighted by molar-refractivity contribution is 0.0117. The number of ether oxygens (including phenoxy) is 3. The van der Waals surface area contributed by atoms with Crippen LogP contribution in [0.1, 0.15) is 32.4 Å². The van der Waals surface area contributed by atoms with E-state index in [9.17, 15) is 4.79 Å². The molecule has 0 aromatic heterocycles. The molecular formula is C17H26N2O4. The van der Waals surface area contributed by atoms with Crippen molar-refractivity contribution in [1.82, 2.24) is 10.2 Å². The first-order chi connectivity index (χ1) is 10.8. The Labute approximate surface area is 137 Å². The fourth-order valence-corrected chi connectivity index (χ4v) is 2.56.